The van der Waals surface area contributed by atoms with E-state index in [4.69, 9.17) is 4.74 Å². The summed E-state index contributed by atoms with van der Waals surface area (Å²) >= 11 is 1.45. The molecule has 0 unspecified atom stereocenters. The molecular weight excluding hydrogens is 376 g/mol. The Hall–Kier alpha value is -1.67. The third-order valence-electron chi connectivity index (χ3n) is 6.84. The van der Waals surface area contributed by atoms with Gasteiger partial charge in [0.25, 0.3) is 5.91 Å². The number of aromatic nitrogens is 1. The monoisotopic (exact) mass is 404 g/mol. The zero-order chi connectivity index (χ0) is 19.1. The SMILES string of the molecule is O=C(c1cscn1)N1CCC(N2C(=O)N(CC3CC3)CC23CCOCC3)CC1. The van der Waals surface area contributed by atoms with Gasteiger partial charge in [-0.05, 0) is 44.4 Å². The number of hydrogen-bond donors (Lipinski definition) is 0. The molecule has 28 heavy (non-hydrogen) atoms. The van der Waals surface area contributed by atoms with Crippen molar-refractivity contribution >= 4 is 23.3 Å². The first-order valence-corrected chi connectivity index (χ1v) is 11.4. The van der Waals surface area contributed by atoms with E-state index in [2.05, 4.69) is 14.8 Å². The van der Waals surface area contributed by atoms with E-state index in [1.807, 2.05) is 10.3 Å². The first-order chi connectivity index (χ1) is 13.7. The Kier molecular flexibility index (Phi) is 4.79. The van der Waals surface area contributed by atoms with Crippen molar-refractivity contribution in [1.82, 2.24) is 19.7 Å². The van der Waals surface area contributed by atoms with Crippen LogP contribution >= 0.6 is 11.3 Å². The molecule has 8 heteroatoms. The molecule has 0 aromatic carbocycles. The van der Waals surface area contributed by atoms with Gasteiger partial charge in [0.2, 0.25) is 0 Å². The quantitative estimate of drug-likeness (QED) is 0.773. The second-order valence-corrected chi connectivity index (χ2v) is 9.43. The van der Waals surface area contributed by atoms with Gasteiger partial charge in [-0.3, -0.25) is 4.79 Å². The van der Waals surface area contributed by atoms with Gasteiger partial charge in [-0.2, -0.15) is 0 Å². The largest absolute Gasteiger partial charge is 0.381 e. The van der Waals surface area contributed by atoms with Gasteiger partial charge < -0.3 is 19.4 Å². The Bertz CT molecular complexity index is 722. The van der Waals surface area contributed by atoms with E-state index < -0.39 is 0 Å². The summed E-state index contributed by atoms with van der Waals surface area (Å²) < 4.78 is 5.63. The minimum atomic E-state index is -0.0734. The topological polar surface area (TPSA) is 66.0 Å². The van der Waals surface area contributed by atoms with Crippen molar-refractivity contribution in [3.05, 3.63) is 16.6 Å². The third kappa shape index (κ3) is 3.30. The minimum absolute atomic E-state index is 0.0172. The number of thiazole rings is 1. The van der Waals surface area contributed by atoms with E-state index in [0.717, 1.165) is 52.0 Å². The number of rotatable bonds is 4. The van der Waals surface area contributed by atoms with Crippen LogP contribution in [0.25, 0.3) is 0 Å². The lowest BCUT2D eigenvalue weighted by atomic mass is 9.86. The smallest absolute Gasteiger partial charge is 0.320 e. The van der Waals surface area contributed by atoms with Crippen LogP contribution in [0.4, 0.5) is 4.79 Å². The lowest BCUT2D eigenvalue weighted by Crippen LogP contribution is -2.57. The molecule has 152 valence electrons. The molecule has 4 heterocycles. The van der Waals surface area contributed by atoms with Crippen molar-refractivity contribution in [2.75, 3.05) is 39.4 Å². The average molecular weight is 405 g/mol. The van der Waals surface area contributed by atoms with Crippen molar-refractivity contribution < 1.29 is 14.3 Å². The molecule has 0 radical (unpaired) electrons. The van der Waals surface area contributed by atoms with Crippen LogP contribution in [0.3, 0.4) is 0 Å². The lowest BCUT2D eigenvalue weighted by Gasteiger charge is -2.46. The molecule has 3 amide bonds. The van der Waals surface area contributed by atoms with E-state index in [1.165, 1.54) is 24.2 Å². The zero-order valence-electron chi connectivity index (χ0n) is 16.2. The molecule has 3 aliphatic heterocycles. The van der Waals surface area contributed by atoms with E-state index in [1.54, 1.807) is 5.51 Å². The van der Waals surface area contributed by atoms with Crippen LogP contribution in [0.2, 0.25) is 0 Å². The molecule has 0 atom stereocenters. The number of nitrogens with zero attached hydrogens (tertiary/aromatic N) is 4. The van der Waals surface area contributed by atoms with Gasteiger partial charge in [-0.25, -0.2) is 9.78 Å². The first-order valence-electron chi connectivity index (χ1n) is 10.5. The number of amides is 3. The summed E-state index contributed by atoms with van der Waals surface area (Å²) in [6.07, 6.45) is 6.08. The highest BCUT2D eigenvalue weighted by molar-refractivity contribution is 7.07. The van der Waals surface area contributed by atoms with E-state index in [9.17, 15) is 9.59 Å². The third-order valence-corrected chi connectivity index (χ3v) is 7.43. The predicted molar refractivity (Wildman–Crippen MR) is 105 cm³/mol. The molecule has 0 bridgehead atoms. The van der Waals surface area contributed by atoms with Crippen LogP contribution in [0.5, 0.6) is 0 Å². The second kappa shape index (κ2) is 7.30. The number of likely N-dealkylation sites (tertiary alicyclic amines) is 1. The highest BCUT2D eigenvalue weighted by Crippen LogP contribution is 2.41. The number of piperidine rings is 1. The normalized spacial score (nSPS) is 25.7. The molecule has 3 saturated heterocycles. The standard InChI is InChI=1S/C20H28N4O3S/c25-18(17-12-28-14-21-17)22-7-3-16(4-8-22)24-19(26)23(11-15-1-2-15)13-20(24)5-9-27-10-6-20/h12,14-16H,1-11,13H2. The van der Waals surface area contributed by atoms with Crippen LogP contribution in [-0.2, 0) is 4.74 Å². The fourth-order valence-electron chi connectivity index (χ4n) is 5.11. The highest BCUT2D eigenvalue weighted by atomic mass is 32.1. The number of hydrogen-bond acceptors (Lipinski definition) is 5. The fourth-order valence-corrected chi connectivity index (χ4v) is 5.64. The average Bonchev–Trinajstić information content (AvgIpc) is 3.28. The second-order valence-electron chi connectivity index (χ2n) is 8.71. The molecule has 4 fully saturated rings. The van der Waals surface area contributed by atoms with E-state index in [0.29, 0.717) is 24.7 Å². The molecule has 4 aliphatic rings. The van der Waals surface area contributed by atoms with Gasteiger partial charge in [0.15, 0.2) is 0 Å². The van der Waals surface area contributed by atoms with Crippen molar-refractivity contribution in [3.63, 3.8) is 0 Å². The number of carbonyl (C=O) groups is 2. The molecule has 0 N–H and O–H groups in total. The summed E-state index contributed by atoms with van der Waals surface area (Å²) in [7, 11) is 0. The van der Waals surface area contributed by atoms with Crippen LogP contribution in [0, 0.1) is 5.92 Å². The summed E-state index contributed by atoms with van der Waals surface area (Å²) in [4.78, 5) is 36.3. The summed E-state index contributed by atoms with van der Waals surface area (Å²) in [6.45, 7) is 4.63. The van der Waals surface area contributed by atoms with Gasteiger partial charge in [0.05, 0.1) is 11.0 Å². The van der Waals surface area contributed by atoms with Crippen molar-refractivity contribution in [3.8, 4) is 0 Å². The van der Waals surface area contributed by atoms with Gasteiger partial charge in [-0.15, -0.1) is 11.3 Å². The summed E-state index contributed by atoms with van der Waals surface area (Å²) in [5.41, 5.74) is 2.17. The first kappa shape index (κ1) is 18.4. The molecule has 1 spiro atoms. The Balaban J connectivity index is 1.29. The molecule has 1 aliphatic carbocycles. The molecule has 1 saturated carbocycles. The van der Waals surface area contributed by atoms with Gasteiger partial charge in [-0.1, -0.05) is 0 Å². The van der Waals surface area contributed by atoms with Gasteiger partial charge >= 0.3 is 6.03 Å². The Morgan fingerprint density at radius 2 is 1.96 bits per heavy atom. The van der Waals surface area contributed by atoms with Crippen molar-refractivity contribution in [2.45, 2.75) is 50.1 Å². The Labute approximate surface area is 169 Å². The fraction of sp³-hybridized carbons (Fsp3) is 0.750. The molecule has 1 aromatic rings. The molecule has 5 rings (SSSR count). The number of carbonyl (C=O) groups excluding carboxylic acids is 2. The molecular formula is C20H28N4O3S. The van der Waals surface area contributed by atoms with E-state index in [-0.39, 0.29) is 23.5 Å². The maximum absolute atomic E-state index is 13.4. The summed E-state index contributed by atoms with van der Waals surface area (Å²) in [5, 5.41) is 1.81. The zero-order valence-corrected chi connectivity index (χ0v) is 17.0. The van der Waals surface area contributed by atoms with Crippen molar-refractivity contribution in [2.24, 2.45) is 5.92 Å². The van der Waals surface area contributed by atoms with E-state index >= 15 is 0 Å². The Morgan fingerprint density at radius 1 is 1.21 bits per heavy atom. The number of ether oxygens (including phenoxy) is 1. The van der Waals surface area contributed by atoms with Gasteiger partial charge in [0, 0.05) is 50.8 Å². The number of urea groups is 1. The minimum Gasteiger partial charge on any atom is -0.381 e. The molecule has 7 nitrogen and oxygen atoms in total. The highest BCUT2D eigenvalue weighted by Gasteiger charge is 2.53. The van der Waals surface area contributed by atoms with Crippen molar-refractivity contribution in [1.29, 1.82) is 0 Å². The summed E-state index contributed by atoms with van der Waals surface area (Å²) in [6, 6.07) is 0.437. The van der Waals surface area contributed by atoms with Crippen LogP contribution in [0.1, 0.15) is 49.0 Å². The Morgan fingerprint density at radius 3 is 2.61 bits per heavy atom. The van der Waals surface area contributed by atoms with Crippen LogP contribution < -0.4 is 0 Å². The predicted octanol–water partition coefficient (Wildman–Crippen LogP) is 2.44. The lowest BCUT2D eigenvalue weighted by molar-refractivity contribution is -0.0153. The molecule has 1 aromatic heterocycles. The summed E-state index contributed by atoms with van der Waals surface area (Å²) in [5.74, 6) is 0.724. The van der Waals surface area contributed by atoms with Crippen LogP contribution in [-0.4, -0.2) is 82.6 Å². The van der Waals surface area contributed by atoms with Gasteiger partial charge in [0.1, 0.15) is 5.69 Å². The maximum Gasteiger partial charge on any atom is 0.320 e. The maximum atomic E-state index is 13.4. The van der Waals surface area contributed by atoms with Crippen LogP contribution in [0.15, 0.2) is 10.9 Å².